The smallest absolute Gasteiger partial charge is 0.0464 e. The Kier molecular flexibility index (Phi) is 1.10. The molecule has 52 valence electrons. The van der Waals surface area contributed by atoms with Gasteiger partial charge >= 0.3 is 0 Å². The van der Waals surface area contributed by atoms with Crippen molar-refractivity contribution in [2.75, 3.05) is 6.61 Å². The quantitative estimate of drug-likeness (QED) is 0.565. The molecule has 2 fully saturated rings. The molecule has 0 aromatic rings. The highest BCUT2D eigenvalue weighted by Crippen LogP contribution is 2.62. The molecule has 1 atom stereocenters. The normalized spacial score (nSPS) is 37.7. The van der Waals surface area contributed by atoms with Gasteiger partial charge in [-0.1, -0.05) is 12.8 Å². The zero-order valence-electron chi connectivity index (χ0n) is 5.77. The van der Waals surface area contributed by atoms with Crippen molar-refractivity contribution >= 4 is 0 Å². The molecule has 0 saturated heterocycles. The third-order valence-electron chi connectivity index (χ3n) is 3.18. The lowest BCUT2D eigenvalue weighted by Crippen LogP contribution is -1.99. The van der Waals surface area contributed by atoms with E-state index in [2.05, 4.69) is 0 Å². The van der Waals surface area contributed by atoms with E-state index in [1.165, 1.54) is 32.1 Å². The van der Waals surface area contributed by atoms with Crippen LogP contribution in [0.2, 0.25) is 0 Å². The van der Waals surface area contributed by atoms with Gasteiger partial charge in [-0.25, -0.2) is 0 Å². The van der Waals surface area contributed by atoms with Crippen LogP contribution in [0.4, 0.5) is 0 Å². The van der Waals surface area contributed by atoms with Gasteiger partial charge in [-0.3, -0.25) is 0 Å². The molecule has 2 aliphatic carbocycles. The van der Waals surface area contributed by atoms with Crippen LogP contribution in [0.3, 0.4) is 0 Å². The summed E-state index contributed by atoms with van der Waals surface area (Å²) >= 11 is 0. The predicted molar refractivity (Wildman–Crippen MR) is 36.1 cm³/mol. The van der Waals surface area contributed by atoms with Crippen LogP contribution in [0, 0.1) is 11.3 Å². The van der Waals surface area contributed by atoms with Crippen molar-refractivity contribution in [1.82, 2.24) is 0 Å². The molecule has 1 N–H and O–H groups in total. The van der Waals surface area contributed by atoms with Crippen molar-refractivity contribution in [2.45, 2.75) is 32.1 Å². The Labute approximate surface area is 56.1 Å². The Bertz CT molecular complexity index is 114. The molecule has 0 amide bonds. The molecular formula is C8H14O. The second-order valence-electron chi connectivity index (χ2n) is 3.65. The topological polar surface area (TPSA) is 20.2 Å². The Balaban J connectivity index is 1.97. The minimum Gasteiger partial charge on any atom is -0.396 e. The summed E-state index contributed by atoms with van der Waals surface area (Å²) in [5, 5.41) is 8.83. The maximum atomic E-state index is 8.83. The summed E-state index contributed by atoms with van der Waals surface area (Å²) in [5.41, 5.74) is 0.661. The van der Waals surface area contributed by atoms with Crippen LogP contribution >= 0.6 is 0 Å². The first-order valence-electron chi connectivity index (χ1n) is 3.98. The lowest BCUT2D eigenvalue weighted by atomic mass is 10.0. The number of aliphatic hydroxyl groups is 1. The van der Waals surface area contributed by atoms with E-state index < -0.39 is 0 Å². The first-order valence-corrected chi connectivity index (χ1v) is 3.98. The van der Waals surface area contributed by atoms with Gasteiger partial charge in [-0.2, -0.15) is 0 Å². The van der Waals surface area contributed by atoms with Gasteiger partial charge < -0.3 is 5.11 Å². The van der Waals surface area contributed by atoms with Gasteiger partial charge in [-0.15, -0.1) is 0 Å². The summed E-state index contributed by atoms with van der Waals surface area (Å²) < 4.78 is 0. The molecule has 0 aromatic carbocycles. The molecule has 1 spiro atoms. The lowest BCUT2D eigenvalue weighted by Gasteiger charge is -2.03. The van der Waals surface area contributed by atoms with Crippen LogP contribution in [0.5, 0.6) is 0 Å². The highest BCUT2D eigenvalue weighted by Gasteiger charge is 2.54. The van der Waals surface area contributed by atoms with Crippen molar-refractivity contribution in [3.05, 3.63) is 0 Å². The number of rotatable bonds is 1. The molecule has 0 radical (unpaired) electrons. The Hall–Kier alpha value is -0.0400. The molecule has 0 unspecified atom stereocenters. The van der Waals surface area contributed by atoms with Crippen LogP contribution in [-0.4, -0.2) is 11.7 Å². The van der Waals surface area contributed by atoms with Crippen molar-refractivity contribution in [2.24, 2.45) is 11.3 Å². The summed E-state index contributed by atoms with van der Waals surface area (Å²) in [6, 6.07) is 0. The third kappa shape index (κ3) is 0.710. The largest absolute Gasteiger partial charge is 0.396 e. The van der Waals surface area contributed by atoms with Gasteiger partial charge in [0, 0.05) is 6.61 Å². The molecule has 1 nitrogen and oxygen atoms in total. The van der Waals surface area contributed by atoms with Crippen molar-refractivity contribution in [3.8, 4) is 0 Å². The van der Waals surface area contributed by atoms with Gasteiger partial charge in [0.25, 0.3) is 0 Å². The van der Waals surface area contributed by atoms with E-state index in [-0.39, 0.29) is 0 Å². The van der Waals surface area contributed by atoms with E-state index >= 15 is 0 Å². The second-order valence-corrected chi connectivity index (χ2v) is 3.65. The molecule has 0 bridgehead atoms. The SMILES string of the molecule is OC[C@@H]1CC12CCCC2. The number of hydrogen-bond acceptors (Lipinski definition) is 1. The Morgan fingerprint density at radius 3 is 2.44 bits per heavy atom. The lowest BCUT2D eigenvalue weighted by molar-refractivity contribution is 0.249. The Morgan fingerprint density at radius 1 is 1.33 bits per heavy atom. The zero-order valence-corrected chi connectivity index (χ0v) is 5.77. The third-order valence-corrected chi connectivity index (χ3v) is 3.18. The van der Waals surface area contributed by atoms with Crippen LogP contribution in [0.1, 0.15) is 32.1 Å². The van der Waals surface area contributed by atoms with E-state index in [1.54, 1.807) is 0 Å². The average molecular weight is 126 g/mol. The average Bonchev–Trinajstić information content (AvgIpc) is 2.30. The van der Waals surface area contributed by atoms with Gasteiger partial charge in [0.05, 0.1) is 0 Å². The first-order chi connectivity index (χ1) is 4.37. The maximum Gasteiger partial charge on any atom is 0.0464 e. The molecule has 1 heteroatoms. The summed E-state index contributed by atoms with van der Waals surface area (Å²) in [6.07, 6.45) is 6.95. The van der Waals surface area contributed by atoms with E-state index in [0.717, 1.165) is 0 Å². The first kappa shape index (κ1) is 5.72. The van der Waals surface area contributed by atoms with Gasteiger partial charge in [0.2, 0.25) is 0 Å². The monoisotopic (exact) mass is 126 g/mol. The van der Waals surface area contributed by atoms with E-state index in [9.17, 15) is 0 Å². The van der Waals surface area contributed by atoms with Gasteiger partial charge in [0.15, 0.2) is 0 Å². The molecular weight excluding hydrogens is 112 g/mol. The molecule has 0 aromatic heterocycles. The summed E-state index contributed by atoms with van der Waals surface area (Å²) in [6.45, 7) is 0.444. The number of hydrogen-bond donors (Lipinski definition) is 1. The van der Waals surface area contributed by atoms with E-state index in [1.807, 2.05) is 0 Å². The fraction of sp³-hybridized carbons (Fsp3) is 1.00. The summed E-state index contributed by atoms with van der Waals surface area (Å²) in [5.74, 6) is 0.694. The second kappa shape index (κ2) is 1.72. The molecule has 2 aliphatic rings. The van der Waals surface area contributed by atoms with Gasteiger partial charge in [-0.05, 0) is 30.6 Å². The summed E-state index contributed by atoms with van der Waals surface area (Å²) in [4.78, 5) is 0. The molecule has 2 rings (SSSR count). The maximum absolute atomic E-state index is 8.83. The Morgan fingerprint density at radius 2 is 2.00 bits per heavy atom. The van der Waals surface area contributed by atoms with Crippen LogP contribution in [-0.2, 0) is 0 Å². The fourth-order valence-corrected chi connectivity index (χ4v) is 2.38. The van der Waals surface area contributed by atoms with Crippen molar-refractivity contribution in [3.63, 3.8) is 0 Å². The molecule has 9 heavy (non-hydrogen) atoms. The standard InChI is InChI=1S/C8H14O/c9-6-7-5-8(7)3-1-2-4-8/h7,9H,1-6H2/t7-/m0/s1. The van der Waals surface area contributed by atoms with E-state index in [0.29, 0.717) is 17.9 Å². The highest BCUT2D eigenvalue weighted by atomic mass is 16.3. The minimum absolute atomic E-state index is 0.444. The fourth-order valence-electron chi connectivity index (χ4n) is 2.38. The molecule has 0 aliphatic heterocycles. The van der Waals surface area contributed by atoms with Crippen LogP contribution < -0.4 is 0 Å². The predicted octanol–water partition coefficient (Wildman–Crippen LogP) is 1.56. The highest BCUT2D eigenvalue weighted by molar-refractivity contribution is 5.04. The molecule has 0 heterocycles. The van der Waals surface area contributed by atoms with E-state index in [4.69, 9.17) is 5.11 Å². The van der Waals surface area contributed by atoms with Crippen molar-refractivity contribution in [1.29, 1.82) is 0 Å². The van der Waals surface area contributed by atoms with Crippen LogP contribution in [0.15, 0.2) is 0 Å². The van der Waals surface area contributed by atoms with Crippen molar-refractivity contribution < 1.29 is 5.11 Å². The summed E-state index contributed by atoms with van der Waals surface area (Å²) in [7, 11) is 0. The molecule has 2 saturated carbocycles. The van der Waals surface area contributed by atoms with Gasteiger partial charge in [0.1, 0.15) is 0 Å². The number of aliphatic hydroxyl groups excluding tert-OH is 1. The zero-order chi connectivity index (χ0) is 6.32. The van der Waals surface area contributed by atoms with Crippen LogP contribution in [0.25, 0.3) is 0 Å². The minimum atomic E-state index is 0.444.